The van der Waals surface area contributed by atoms with Crippen LogP contribution in [0.25, 0.3) is 10.2 Å². The lowest BCUT2D eigenvalue weighted by atomic mass is 10.3. The van der Waals surface area contributed by atoms with Gasteiger partial charge >= 0.3 is 0 Å². The lowest BCUT2D eigenvalue weighted by Crippen LogP contribution is -2.43. The average molecular weight is 278 g/mol. The Morgan fingerprint density at radius 2 is 2.11 bits per heavy atom. The molecular formula is C13H18N4OS. The van der Waals surface area contributed by atoms with Crippen LogP contribution in [0.5, 0.6) is 0 Å². The first kappa shape index (κ1) is 13.8. The van der Waals surface area contributed by atoms with Gasteiger partial charge in [-0.3, -0.25) is 4.79 Å². The van der Waals surface area contributed by atoms with Gasteiger partial charge in [-0.05, 0) is 25.1 Å². The Balaban J connectivity index is 0.000000408. The van der Waals surface area contributed by atoms with Gasteiger partial charge in [-0.25, -0.2) is 4.98 Å². The smallest absolute Gasteiger partial charge is 0.204 e. The van der Waals surface area contributed by atoms with Gasteiger partial charge in [0.15, 0.2) is 0 Å². The first-order chi connectivity index (χ1) is 9.24. The van der Waals surface area contributed by atoms with E-state index in [0.29, 0.717) is 0 Å². The summed E-state index contributed by atoms with van der Waals surface area (Å²) in [6.07, 6.45) is 0.250. The molecular weight excluding hydrogens is 260 g/mol. The predicted molar refractivity (Wildman–Crippen MR) is 79.7 cm³/mol. The fourth-order valence-corrected chi connectivity index (χ4v) is 2.98. The fraction of sp³-hybridized carbons (Fsp3) is 0.385. The zero-order chi connectivity index (χ0) is 13.7. The number of pyridine rings is 1. The predicted octanol–water partition coefficient (Wildman–Crippen LogP) is 1.12. The van der Waals surface area contributed by atoms with Crippen molar-refractivity contribution in [1.29, 1.82) is 0 Å². The van der Waals surface area contributed by atoms with E-state index in [-0.39, 0.29) is 6.41 Å². The number of hydrogen-bond donors (Lipinski definition) is 2. The number of aromatic nitrogens is 1. The summed E-state index contributed by atoms with van der Waals surface area (Å²) in [5.74, 6) is 1.12. The van der Waals surface area contributed by atoms with Crippen LogP contribution < -0.4 is 16.0 Å². The zero-order valence-corrected chi connectivity index (χ0v) is 11.7. The molecule has 102 valence electrons. The number of nitrogens with one attached hydrogen (secondary N) is 1. The largest absolute Gasteiger partial charge is 0.372 e. The van der Waals surface area contributed by atoms with E-state index in [2.05, 4.69) is 41.1 Å². The number of carbonyl (C=O) groups is 1. The van der Waals surface area contributed by atoms with E-state index in [0.717, 1.165) is 36.8 Å². The molecule has 0 atom stereocenters. The Kier molecular flexibility index (Phi) is 4.70. The third-order valence-electron chi connectivity index (χ3n) is 2.93. The van der Waals surface area contributed by atoms with Gasteiger partial charge in [0, 0.05) is 36.4 Å². The molecule has 2 aromatic rings. The standard InChI is InChI=1S/C12H15N3S.CH3NO/c1-9-8-10-2-3-11(14-12(10)16-9)15-6-4-13-5-7-15;2-1-3/h2-3,8,13H,4-7H2,1H3;1H,(H2,2,3). The van der Waals surface area contributed by atoms with Gasteiger partial charge in [-0.1, -0.05) is 0 Å². The second-order valence-electron chi connectivity index (χ2n) is 4.29. The molecule has 1 amide bonds. The van der Waals surface area contributed by atoms with Crippen molar-refractivity contribution in [2.45, 2.75) is 6.92 Å². The number of piperazine rings is 1. The highest BCUT2D eigenvalue weighted by atomic mass is 32.1. The average Bonchev–Trinajstić information content (AvgIpc) is 2.79. The van der Waals surface area contributed by atoms with E-state index in [4.69, 9.17) is 9.78 Å². The number of nitrogens with zero attached hydrogens (tertiary/aromatic N) is 2. The van der Waals surface area contributed by atoms with Crippen LogP contribution in [0.3, 0.4) is 0 Å². The van der Waals surface area contributed by atoms with Gasteiger partial charge in [0.1, 0.15) is 10.6 Å². The van der Waals surface area contributed by atoms with Crippen molar-refractivity contribution < 1.29 is 4.79 Å². The minimum absolute atomic E-state index is 0.250. The van der Waals surface area contributed by atoms with Crippen LogP contribution in [0.1, 0.15) is 4.88 Å². The van der Waals surface area contributed by atoms with Crippen LogP contribution in [0.2, 0.25) is 0 Å². The lowest BCUT2D eigenvalue weighted by Gasteiger charge is -2.28. The van der Waals surface area contributed by atoms with E-state index < -0.39 is 0 Å². The van der Waals surface area contributed by atoms with E-state index in [1.165, 1.54) is 10.3 Å². The maximum absolute atomic E-state index is 8.58. The van der Waals surface area contributed by atoms with Crippen molar-refractivity contribution in [3.63, 3.8) is 0 Å². The molecule has 0 bridgehead atoms. The molecule has 0 aromatic carbocycles. The van der Waals surface area contributed by atoms with Gasteiger partial charge in [-0.15, -0.1) is 11.3 Å². The molecule has 3 N–H and O–H groups in total. The van der Waals surface area contributed by atoms with E-state index in [9.17, 15) is 0 Å². The molecule has 5 nitrogen and oxygen atoms in total. The summed E-state index contributed by atoms with van der Waals surface area (Å²) in [5.41, 5.74) is 4.17. The van der Waals surface area contributed by atoms with Gasteiger partial charge in [0.2, 0.25) is 6.41 Å². The highest BCUT2D eigenvalue weighted by Gasteiger charge is 2.12. The molecule has 1 fully saturated rings. The number of fused-ring (bicyclic) bond motifs is 1. The highest BCUT2D eigenvalue weighted by Crippen LogP contribution is 2.25. The quantitative estimate of drug-likeness (QED) is 0.767. The van der Waals surface area contributed by atoms with E-state index in [1.54, 1.807) is 11.3 Å². The van der Waals surface area contributed by atoms with Crippen molar-refractivity contribution >= 4 is 33.8 Å². The van der Waals surface area contributed by atoms with Crippen LogP contribution in [0, 0.1) is 6.92 Å². The summed E-state index contributed by atoms with van der Waals surface area (Å²) in [4.78, 5) is 18.2. The maximum Gasteiger partial charge on any atom is 0.204 e. The van der Waals surface area contributed by atoms with E-state index >= 15 is 0 Å². The van der Waals surface area contributed by atoms with Gasteiger partial charge < -0.3 is 16.0 Å². The summed E-state index contributed by atoms with van der Waals surface area (Å²) in [7, 11) is 0. The number of nitrogens with two attached hydrogens (primary N) is 1. The molecule has 3 rings (SSSR count). The number of primary amides is 1. The molecule has 19 heavy (non-hydrogen) atoms. The summed E-state index contributed by atoms with van der Waals surface area (Å²) >= 11 is 1.78. The summed E-state index contributed by atoms with van der Waals surface area (Å²) in [5, 5.41) is 4.62. The third-order valence-corrected chi connectivity index (χ3v) is 3.89. The number of anilines is 1. The fourth-order valence-electron chi connectivity index (χ4n) is 2.10. The SMILES string of the molecule is Cc1cc2ccc(N3CCNCC3)nc2s1.NC=O. The summed E-state index contributed by atoms with van der Waals surface area (Å²) in [6, 6.07) is 6.53. The van der Waals surface area contributed by atoms with E-state index in [1.807, 2.05) is 0 Å². The van der Waals surface area contributed by atoms with Crippen molar-refractivity contribution in [1.82, 2.24) is 10.3 Å². The van der Waals surface area contributed by atoms with Crippen LogP contribution in [0.4, 0.5) is 5.82 Å². The van der Waals surface area contributed by atoms with Crippen molar-refractivity contribution in [2.24, 2.45) is 5.73 Å². The van der Waals surface area contributed by atoms with Crippen LogP contribution in [0.15, 0.2) is 18.2 Å². The topological polar surface area (TPSA) is 71.2 Å². The number of thiophene rings is 1. The molecule has 0 saturated carbocycles. The molecule has 1 aliphatic heterocycles. The minimum Gasteiger partial charge on any atom is -0.372 e. The van der Waals surface area contributed by atoms with Crippen molar-refractivity contribution in [3.8, 4) is 0 Å². The second kappa shape index (κ2) is 6.49. The number of amides is 1. The maximum atomic E-state index is 8.58. The third kappa shape index (κ3) is 3.42. The number of aryl methyl sites for hydroxylation is 1. The van der Waals surface area contributed by atoms with Gasteiger partial charge in [0.25, 0.3) is 0 Å². The molecule has 0 spiro atoms. The van der Waals surface area contributed by atoms with Crippen LogP contribution >= 0.6 is 11.3 Å². The lowest BCUT2D eigenvalue weighted by molar-refractivity contribution is -0.106. The Labute approximate surface area is 116 Å². The van der Waals surface area contributed by atoms with Gasteiger partial charge in [0.05, 0.1) is 0 Å². The Morgan fingerprint density at radius 1 is 1.42 bits per heavy atom. The molecule has 3 heterocycles. The highest BCUT2D eigenvalue weighted by molar-refractivity contribution is 7.18. The monoisotopic (exact) mass is 278 g/mol. The first-order valence-electron chi connectivity index (χ1n) is 6.23. The molecule has 1 aliphatic rings. The number of carbonyl (C=O) groups excluding carboxylic acids is 1. The van der Waals surface area contributed by atoms with Crippen LogP contribution in [-0.4, -0.2) is 37.6 Å². The van der Waals surface area contributed by atoms with Gasteiger partial charge in [-0.2, -0.15) is 0 Å². The normalized spacial score (nSPS) is 14.9. The second-order valence-corrected chi connectivity index (χ2v) is 5.53. The van der Waals surface area contributed by atoms with Crippen LogP contribution in [-0.2, 0) is 4.79 Å². The number of rotatable bonds is 1. The molecule has 0 unspecified atom stereocenters. The molecule has 2 aromatic heterocycles. The Bertz CT molecular complexity index is 549. The molecule has 0 radical (unpaired) electrons. The summed E-state index contributed by atoms with van der Waals surface area (Å²) in [6.45, 7) is 6.37. The minimum atomic E-state index is 0.250. The van der Waals surface area contributed by atoms with Crippen molar-refractivity contribution in [2.75, 3.05) is 31.1 Å². The molecule has 1 saturated heterocycles. The number of hydrogen-bond acceptors (Lipinski definition) is 5. The summed E-state index contributed by atoms with van der Waals surface area (Å²) < 4.78 is 0. The zero-order valence-electron chi connectivity index (χ0n) is 10.9. The Morgan fingerprint density at radius 3 is 2.79 bits per heavy atom. The van der Waals surface area contributed by atoms with Crippen molar-refractivity contribution in [3.05, 3.63) is 23.1 Å². The first-order valence-corrected chi connectivity index (χ1v) is 7.04. The Hall–Kier alpha value is -1.66. The molecule has 6 heteroatoms. The molecule has 0 aliphatic carbocycles.